The maximum atomic E-state index is 14.7. The van der Waals surface area contributed by atoms with Crippen LogP contribution in [-0.4, -0.2) is 108 Å². The Labute approximate surface area is 344 Å². The zero-order chi connectivity index (χ0) is 43.0. The molecule has 1 saturated carbocycles. The van der Waals surface area contributed by atoms with Gasteiger partial charge >= 0.3 is 0 Å². The predicted molar refractivity (Wildman–Crippen MR) is 223 cm³/mol. The number of benzene rings is 2. The first kappa shape index (κ1) is 48.9. The Morgan fingerprint density at radius 2 is 1.40 bits per heavy atom. The summed E-state index contributed by atoms with van der Waals surface area (Å²) in [7, 11) is 0. The topological polar surface area (TPSA) is 227 Å². The lowest BCUT2D eigenvalue weighted by Crippen LogP contribution is -2.74. The Hall–Kier alpha value is -3.50. The number of Topliss-reactive ketones (excluding diaryl/α,β-unsaturated/α-hetero) is 2. The summed E-state index contributed by atoms with van der Waals surface area (Å²) in [5, 5.41) is 25.9. The molecule has 0 heterocycles. The van der Waals surface area contributed by atoms with Gasteiger partial charge in [0.05, 0.1) is 39.0 Å². The van der Waals surface area contributed by atoms with Gasteiger partial charge < -0.3 is 46.4 Å². The second-order valence-electron chi connectivity index (χ2n) is 16.5. The Morgan fingerprint density at radius 1 is 0.810 bits per heavy atom. The third-order valence-corrected chi connectivity index (χ3v) is 11.4. The molecule has 1 fully saturated rings. The lowest BCUT2D eigenvalue weighted by Gasteiger charge is -2.47. The Bertz CT molecular complexity index is 1630. The monoisotopic (exact) mass is 815 g/mol. The normalized spacial score (nSPS) is 17.3. The van der Waals surface area contributed by atoms with Crippen molar-refractivity contribution in [2.45, 2.75) is 123 Å². The fourth-order valence-electron chi connectivity index (χ4n) is 7.72. The Morgan fingerprint density at radius 3 is 1.97 bits per heavy atom. The summed E-state index contributed by atoms with van der Waals surface area (Å²) in [6, 6.07) is 6.57. The minimum absolute atomic E-state index is 0.0413. The van der Waals surface area contributed by atoms with E-state index in [4.69, 9.17) is 36.1 Å². The first-order valence-corrected chi connectivity index (χ1v) is 21.0. The SMILES string of the molecule is CC(=O)N(C(=O)[C@@H](N)C(C)C)[C@H](C(=O)C(=O)[C@H](CCCCC1CCCCC1)C(C)C)[C@@](C)(O)[C@@](O)(CN)Oc1cccc2c(OCCOCCOCCN)cccc12. The van der Waals surface area contributed by atoms with Crippen molar-refractivity contribution in [1.82, 2.24) is 4.90 Å². The minimum atomic E-state index is -2.85. The number of carbonyl (C=O) groups is 4. The van der Waals surface area contributed by atoms with Gasteiger partial charge in [-0.2, -0.15) is 0 Å². The maximum absolute atomic E-state index is 14.7. The molecular formula is C44H70N4O10. The smallest absolute Gasteiger partial charge is 0.251 e. The summed E-state index contributed by atoms with van der Waals surface area (Å²) in [5.41, 5.74) is 15.0. The third kappa shape index (κ3) is 12.8. The second kappa shape index (κ2) is 23.3. The summed E-state index contributed by atoms with van der Waals surface area (Å²) in [6.45, 7) is 10.4. The fraction of sp³-hybridized carbons (Fsp3) is 0.682. The van der Waals surface area contributed by atoms with Gasteiger partial charge in [0, 0.05) is 30.2 Å². The summed E-state index contributed by atoms with van der Waals surface area (Å²) in [6.07, 6.45) is 9.19. The van der Waals surface area contributed by atoms with Crippen LogP contribution in [0.1, 0.15) is 99.3 Å². The van der Waals surface area contributed by atoms with E-state index in [1.807, 2.05) is 13.8 Å². The molecule has 326 valence electrons. The molecule has 1 aliphatic carbocycles. The van der Waals surface area contributed by atoms with Gasteiger partial charge in [-0.1, -0.05) is 103 Å². The molecule has 0 radical (unpaired) electrons. The minimum Gasteiger partial charge on any atom is -0.491 e. The van der Waals surface area contributed by atoms with E-state index in [1.165, 1.54) is 38.2 Å². The maximum Gasteiger partial charge on any atom is 0.251 e. The number of rotatable bonds is 26. The fourth-order valence-corrected chi connectivity index (χ4v) is 7.72. The van der Waals surface area contributed by atoms with Crippen molar-refractivity contribution in [2.75, 3.05) is 46.1 Å². The van der Waals surface area contributed by atoms with Crippen LogP contribution in [0.5, 0.6) is 11.5 Å². The van der Waals surface area contributed by atoms with Crippen LogP contribution in [0.4, 0.5) is 0 Å². The molecule has 1 aliphatic rings. The summed E-state index contributed by atoms with van der Waals surface area (Å²) in [5.74, 6) is -7.27. The Kier molecular flexibility index (Phi) is 19.7. The molecule has 5 atom stereocenters. The predicted octanol–water partition coefficient (Wildman–Crippen LogP) is 4.27. The van der Waals surface area contributed by atoms with Gasteiger partial charge in [-0.15, -0.1) is 0 Å². The molecule has 2 amide bonds. The van der Waals surface area contributed by atoms with Gasteiger partial charge in [0.25, 0.3) is 5.79 Å². The number of fused-ring (bicyclic) bond motifs is 1. The average molecular weight is 815 g/mol. The average Bonchev–Trinajstić information content (AvgIpc) is 3.19. The molecule has 3 rings (SSSR count). The molecule has 0 aliphatic heterocycles. The largest absolute Gasteiger partial charge is 0.491 e. The molecule has 0 unspecified atom stereocenters. The molecule has 2 aromatic rings. The molecule has 14 heteroatoms. The van der Waals surface area contributed by atoms with Gasteiger partial charge in [-0.25, -0.2) is 0 Å². The van der Waals surface area contributed by atoms with E-state index in [1.54, 1.807) is 44.2 Å². The molecule has 58 heavy (non-hydrogen) atoms. The van der Waals surface area contributed by atoms with Crippen LogP contribution in [0.25, 0.3) is 10.8 Å². The van der Waals surface area contributed by atoms with Crippen molar-refractivity contribution in [3.63, 3.8) is 0 Å². The molecular weight excluding hydrogens is 745 g/mol. The number of ether oxygens (including phenoxy) is 4. The number of aliphatic hydroxyl groups is 2. The van der Waals surface area contributed by atoms with Gasteiger partial charge in [0.1, 0.15) is 24.1 Å². The third-order valence-electron chi connectivity index (χ3n) is 11.4. The van der Waals surface area contributed by atoms with Crippen LogP contribution in [0.15, 0.2) is 36.4 Å². The highest BCUT2D eigenvalue weighted by atomic mass is 16.6. The quantitative estimate of drug-likeness (QED) is 0.0509. The number of hydrogen-bond donors (Lipinski definition) is 5. The van der Waals surface area contributed by atoms with E-state index < -0.39 is 65.2 Å². The zero-order valence-corrected chi connectivity index (χ0v) is 35.6. The number of amides is 2. The molecule has 0 saturated heterocycles. The number of nitrogens with two attached hydrogens (primary N) is 3. The molecule has 8 N–H and O–H groups in total. The number of unbranched alkanes of at least 4 members (excludes halogenated alkanes) is 1. The van der Waals surface area contributed by atoms with Crippen LogP contribution in [0.2, 0.25) is 0 Å². The van der Waals surface area contributed by atoms with E-state index in [0.717, 1.165) is 26.7 Å². The van der Waals surface area contributed by atoms with Crippen molar-refractivity contribution in [1.29, 1.82) is 0 Å². The number of hydrogen-bond acceptors (Lipinski definition) is 13. The highest BCUT2D eigenvalue weighted by Crippen LogP contribution is 2.39. The molecule has 0 aromatic heterocycles. The van der Waals surface area contributed by atoms with Crippen LogP contribution >= 0.6 is 0 Å². The van der Waals surface area contributed by atoms with Gasteiger partial charge in [0.15, 0.2) is 5.60 Å². The van der Waals surface area contributed by atoms with E-state index >= 15 is 0 Å². The molecule has 2 aromatic carbocycles. The van der Waals surface area contributed by atoms with E-state index in [0.29, 0.717) is 66.5 Å². The highest BCUT2D eigenvalue weighted by molar-refractivity contribution is 6.41. The summed E-state index contributed by atoms with van der Waals surface area (Å²) >= 11 is 0. The van der Waals surface area contributed by atoms with E-state index in [9.17, 15) is 29.4 Å². The van der Waals surface area contributed by atoms with Crippen molar-refractivity contribution in [3.8, 4) is 11.5 Å². The van der Waals surface area contributed by atoms with Gasteiger partial charge in [0.2, 0.25) is 23.4 Å². The van der Waals surface area contributed by atoms with Crippen molar-refractivity contribution in [2.24, 2.45) is 40.9 Å². The zero-order valence-electron chi connectivity index (χ0n) is 35.6. The molecule has 0 bridgehead atoms. The number of nitrogens with zero attached hydrogens (tertiary/aromatic N) is 1. The van der Waals surface area contributed by atoms with Crippen LogP contribution in [0.3, 0.4) is 0 Å². The van der Waals surface area contributed by atoms with Crippen LogP contribution < -0.4 is 26.7 Å². The number of ketones is 2. The van der Waals surface area contributed by atoms with Gasteiger partial charge in [-0.05, 0) is 43.2 Å². The Balaban J connectivity index is 1.98. The standard InChI is InChI=1S/C44H70N4O10/c1-29(2)33(17-11-10-16-32-14-8-7-9-15-32)39(50)40(51)41(48(31(5)49)42(52)38(47)30(3)4)43(6,53)44(54,28-46)58-37-21-13-18-34-35(37)19-12-20-36(34)57-27-26-56-25-24-55-23-22-45/h12-13,18-21,29-30,32-33,38,41,53-54H,7-11,14-17,22-28,45-47H2,1-6H3/t33-,38+,41-,43-,44-/m1/s1. The van der Waals surface area contributed by atoms with Gasteiger partial charge in [-0.3, -0.25) is 24.1 Å². The number of carbonyl (C=O) groups excluding carboxylic acids is 4. The van der Waals surface area contributed by atoms with E-state index in [-0.39, 0.29) is 24.9 Å². The molecule has 14 nitrogen and oxygen atoms in total. The lowest BCUT2D eigenvalue weighted by atomic mass is 9.77. The van der Waals surface area contributed by atoms with Crippen molar-refractivity contribution >= 4 is 34.2 Å². The van der Waals surface area contributed by atoms with Crippen molar-refractivity contribution < 1.29 is 48.3 Å². The summed E-state index contributed by atoms with van der Waals surface area (Å²) in [4.78, 5) is 57.0. The molecule has 0 spiro atoms. The van der Waals surface area contributed by atoms with Crippen LogP contribution in [0, 0.1) is 23.7 Å². The van der Waals surface area contributed by atoms with E-state index in [2.05, 4.69) is 0 Å². The lowest BCUT2D eigenvalue weighted by molar-refractivity contribution is -0.259. The van der Waals surface area contributed by atoms with Crippen molar-refractivity contribution in [3.05, 3.63) is 36.4 Å². The first-order chi connectivity index (χ1) is 27.5. The first-order valence-electron chi connectivity index (χ1n) is 21.0. The highest BCUT2D eigenvalue weighted by Gasteiger charge is 2.60. The number of imide groups is 1. The second-order valence-corrected chi connectivity index (χ2v) is 16.5. The van der Waals surface area contributed by atoms with Crippen LogP contribution in [-0.2, 0) is 28.7 Å². The summed E-state index contributed by atoms with van der Waals surface area (Å²) < 4.78 is 23.1.